The van der Waals surface area contributed by atoms with Crippen molar-refractivity contribution in [2.45, 2.75) is 22.6 Å². The first-order valence-corrected chi connectivity index (χ1v) is 8.20. The van der Waals surface area contributed by atoms with Crippen LogP contribution in [0, 0.1) is 5.92 Å². The lowest BCUT2D eigenvalue weighted by atomic mass is 10.4. The fourth-order valence-electron chi connectivity index (χ4n) is 1.41. The maximum absolute atomic E-state index is 12.6. The third kappa shape index (κ3) is 3.27. The Balaban J connectivity index is 2.17. The molecule has 1 aliphatic carbocycles. The fourth-order valence-corrected chi connectivity index (χ4v) is 2.99. The van der Waals surface area contributed by atoms with E-state index in [-0.39, 0.29) is 4.90 Å². The summed E-state index contributed by atoms with van der Waals surface area (Å²) >= 11 is 0. The summed E-state index contributed by atoms with van der Waals surface area (Å²) in [6, 6.07) is 4.01. The van der Waals surface area contributed by atoms with Crippen LogP contribution in [-0.2, 0) is 20.2 Å². The number of sulfonamides is 1. The lowest BCUT2D eigenvalue weighted by Crippen LogP contribution is -2.25. The van der Waals surface area contributed by atoms with E-state index >= 15 is 0 Å². The number of nitrogens with one attached hydrogen (secondary N) is 1. The first-order valence-electron chi connectivity index (χ1n) is 5.33. The first kappa shape index (κ1) is 13.4. The van der Waals surface area contributed by atoms with Crippen molar-refractivity contribution in [2.75, 3.05) is 6.54 Å². The van der Waals surface area contributed by atoms with Crippen molar-refractivity contribution in [3.05, 3.63) is 24.3 Å². The van der Waals surface area contributed by atoms with Crippen LogP contribution in [0.25, 0.3) is 0 Å². The number of hydrogen-bond donors (Lipinski definition) is 1. The highest BCUT2D eigenvalue weighted by Crippen LogP contribution is 2.28. The van der Waals surface area contributed by atoms with Crippen molar-refractivity contribution in [3.63, 3.8) is 0 Å². The molecule has 0 bridgehead atoms. The second-order valence-corrected chi connectivity index (χ2v) is 7.32. The van der Waals surface area contributed by atoms with E-state index in [1.807, 2.05) is 0 Å². The lowest BCUT2D eigenvalue weighted by Gasteiger charge is -2.06. The molecule has 1 fully saturated rings. The monoisotopic (exact) mass is 293 g/mol. The SMILES string of the molecule is O=S(=O)(F)c1ccc(S(=O)(=O)NCC2CC2)cc1. The zero-order valence-corrected chi connectivity index (χ0v) is 11.0. The van der Waals surface area contributed by atoms with Crippen LogP contribution in [0.15, 0.2) is 34.1 Å². The summed E-state index contributed by atoms with van der Waals surface area (Å²) in [5.41, 5.74) is 0. The van der Waals surface area contributed by atoms with Crippen LogP contribution in [-0.4, -0.2) is 23.4 Å². The molecule has 1 aliphatic rings. The van der Waals surface area contributed by atoms with Gasteiger partial charge in [-0.15, -0.1) is 3.89 Å². The molecule has 1 saturated carbocycles. The molecule has 0 spiro atoms. The van der Waals surface area contributed by atoms with Gasteiger partial charge in [0.05, 0.1) is 9.79 Å². The fraction of sp³-hybridized carbons (Fsp3) is 0.400. The van der Waals surface area contributed by atoms with Crippen molar-refractivity contribution in [2.24, 2.45) is 5.92 Å². The third-order valence-corrected chi connectivity index (χ3v) is 4.95. The van der Waals surface area contributed by atoms with Crippen LogP contribution >= 0.6 is 0 Å². The second-order valence-electron chi connectivity index (χ2n) is 4.20. The highest BCUT2D eigenvalue weighted by Gasteiger charge is 2.24. The molecule has 1 aromatic carbocycles. The molecule has 0 unspecified atom stereocenters. The van der Waals surface area contributed by atoms with Crippen molar-refractivity contribution < 1.29 is 20.7 Å². The summed E-state index contributed by atoms with van der Waals surface area (Å²) < 4.78 is 59.8. The molecule has 2 rings (SSSR count). The highest BCUT2D eigenvalue weighted by atomic mass is 32.3. The minimum atomic E-state index is -4.80. The van der Waals surface area contributed by atoms with E-state index in [0.29, 0.717) is 12.5 Å². The van der Waals surface area contributed by atoms with E-state index in [1.54, 1.807) is 0 Å². The van der Waals surface area contributed by atoms with Gasteiger partial charge in [-0.3, -0.25) is 0 Å². The summed E-state index contributed by atoms with van der Waals surface area (Å²) in [6.45, 7) is 0.380. The van der Waals surface area contributed by atoms with E-state index in [2.05, 4.69) is 4.72 Å². The zero-order chi connectivity index (χ0) is 13.4. The molecule has 0 saturated heterocycles. The predicted octanol–water partition coefficient (Wildman–Crippen LogP) is 1.03. The van der Waals surface area contributed by atoms with Crippen LogP contribution in [0.5, 0.6) is 0 Å². The molecular weight excluding hydrogens is 281 g/mol. The van der Waals surface area contributed by atoms with Crippen LogP contribution in [0.2, 0.25) is 0 Å². The summed E-state index contributed by atoms with van der Waals surface area (Å²) in [5.74, 6) is 0.394. The van der Waals surface area contributed by atoms with Gasteiger partial charge in [0.15, 0.2) is 0 Å². The number of hydrogen-bond acceptors (Lipinski definition) is 4. The Bertz CT molecular complexity index is 633. The summed E-state index contributed by atoms with van der Waals surface area (Å²) in [7, 11) is -8.44. The van der Waals surface area contributed by atoms with Gasteiger partial charge >= 0.3 is 10.2 Å². The van der Waals surface area contributed by atoms with Gasteiger partial charge in [-0.05, 0) is 43.0 Å². The largest absolute Gasteiger partial charge is 0.332 e. The molecule has 1 aromatic rings. The van der Waals surface area contributed by atoms with E-state index in [1.165, 1.54) is 0 Å². The molecule has 18 heavy (non-hydrogen) atoms. The smallest absolute Gasteiger partial charge is 0.211 e. The molecule has 5 nitrogen and oxygen atoms in total. The van der Waals surface area contributed by atoms with E-state index in [9.17, 15) is 20.7 Å². The van der Waals surface area contributed by atoms with Crippen LogP contribution in [0.4, 0.5) is 3.89 Å². The Morgan fingerprint density at radius 2 is 1.56 bits per heavy atom. The second kappa shape index (κ2) is 4.60. The quantitative estimate of drug-likeness (QED) is 0.822. The topological polar surface area (TPSA) is 80.3 Å². The van der Waals surface area contributed by atoms with Crippen LogP contribution < -0.4 is 4.72 Å². The number of benzene rings is 1. The summed E-state index contributed by atoms with van der Waals surface area (Å²) in [6.07, 6.45) is 2.03. The van der Waals surface area contributed by atoms with Gasteiger partial charge < -0.3 is 0 Å². The molecule has 100 valence electrons. The molecule has 8 heteroatoms. The number of rotatable bonds is 5. The molecule has 0 heterocycles. The molecular formula is C10H12FNO4S2. The number of halogens is 1. The summed E-state index contributed by atoms with van der Waals surface area (Å²) in [4.78, 5) is -0.626. The Labute approximate surface area is 105 Å². The van der Waals surface area contributed by atoms with E-state index in [4.69, 9.17) is 0 Å². The Morgan fingerprint density at radius 1 is 1.06 bits per heavy atom. The van der Waals surface area contributed by atoms with Gasteiger partial charge in [-0.2, -0.15) is 8.42 Å². The molecule has 0 atom stereocenters. The highest BCUT2D eigenvalue weighted by molar-refractivity contribution is 7.89. The zero-order valence-electron chi connectivity index (χ0n) is 9.34. The Morgan fingerprint density at radius 3 is 2.00 bits per heavy atom. The van der Waals surface area contributed by atoms with Crippen LogP contribution in [0.3, 0.4) is 0 Å². The molecule has 1 N–H and O–H groups in total. The molecule has 0 amide bonds. The van der Waals surface area contributed by atoms with Crippen molar-refractivity contribution in [3.8, 4) is 0 Å². The Kier molecular flexibility index (Phi) is 3.43. The van der Waals surface area contributed by atoms with Gasteiger partial charge in [0.2, 0.25) is 10.0 Å². The molecule has 0 aliphatic heterocycles. The minimum absolute atomic E-state index is 0.0736. The Hall–Kier alpha value is -0.990. The first-order chi connectivity index (χ1) is 8.29. The average molecular weight is 293 g/mol. The maximum atomic E-state index is 12.6. The maximum Gasteiger partial charge on any atom is 0.332 e. The molecule has 0 radical (unpaired) electrons. The summed E-state index contributed by atoms with van der Waals surface area (Å²) in [5, 5.41) is 0. The van der Waals surface area contributed by atoms with E-state index in [0.717, 1.165) is 37.1 Å². The van der Waals surface area contributed by atoms with Crippen LogP contribution in [0.1, 0.15) is 12.8 Å². The van der Waals surface area contributed by atoms with Gasteiger partial charge in [-0.25, -0.2) is 13.1 Å². The van der Waals surface area contributed by atoms with Crippen molar-refractivity contribution >= 4 is 20.2 Å². The third-order valence-electron chi connectivity index (χ3n) is 2.67. The molecule has 0 aromatic heterocycles. The lowest BCUT2D eigenvalue weighted by molar-refractivity contribution is 0.551. The van der Waals surface area contributed by atoms with Gasteiger partial charge in [0, 0.05) is 6.54 Å². The van der Waals surface area contributed by atoms with Crippen molar-refractivity contribution in [1.29, 1.82) is 0 Å². The van der Waals surface area contributed by atoms with E-state index < -0.39 is 25.1 Å². The van der Waals surface area contributed by atoms with Gasteiger partial charge in [0.1, 0.15) is 0 Å². The minimum Gasteiger partial charge on any atom is -0.211 e. The van der Waals surface area contributed by atoms with Gasteiger partial charge in [-0.1, -0.05) is 0 Å². The van der Waals surface area contributed by atoms with Gasteiger partial charge in [0.25, 0.3) is 0 Å². The average Bonchev–Trinajstić information content (AvgIpc) is 3.09. The standard InChI is InChI=1S/C10H12FNO4S2/c11-17(13,14)9-3-5-10(6-4-9)18(15,16)12-7-8-1-2-8/h3-6,8,12H,1-2,7H2. The normalized spacial score (nSPS) is 16.7. The predicted molar refractivity (Wildman–Crippen MR) is 62.6 cm³/mol. The van der Waals surface area contributed by atoms with Crippen molar-refractivity contribution in [1.82, 2.24) is 4.72 Å².